The maximum absolute atomic E-state index is 13.5. The van der Waals surface area contributed by atoms with Crippen LogP contribution in [0.5, 0.6) is 11.6 Å². The third-order valence-corrected chi connectivity index (χ3v) is 5.78. The topological polar surface area (TPSA) is 126 Å². The Morgan fingerprint density at radius 1 is 0.974 bits per heavy atom. The third kappa shape index (κ3) is 4.26. The van der Waals surface area contributed by atoms with Crippen LogP contribution in [0.3, 0.4) is 0 Å². The molecule has 0 bridgehead atoms. The number of rotatable bonds is 6. The van der Waals surface area contributed by atoms with Gasteiger partial charge in [-0.2, -0.15) is 9.78 Å². The highest BCUT2D eigenvalue weighted by Gasteiger charge is 2.16. The molecule has 6 aromatic rings. The van der Waals surface area contributed by atoms with Crippen molar-refractivity contribution >= 4 is 33.8 Å². The van der Waals surface area contributed by atoms with Crippen molar-refractivity contribution in [3.8, 4) is 23.2 Å². The average molecular weight is 503 g/mol. The standard InChI is InChI=1S/C28H17N5O5/c34-28-21-9-3-4-10-22(21)31-27(25-15-18-7-1-5-11-23(18)37-25)32(28)30-16-19-8-2-6-12-24(19)38-26-14-13-20(17-29-26)33(35)36/h1-17H. The molecule has 184 valence electrons. The van der Waals surface area contributed by atoms with Crippen molar-refractivity contribution < 1.29 is 14.1 Å². The minimum Gasteiger partial charge on any atom is -0.453 e. The Hall–Kier alpha value is -5.64. The van der Waals surface area contributed by atoms with E-state index in [-0.39, 0.29) is 23.0 Å². The van der Waals surface area contributed by atoms with Gasteiger partial charge in [0.2, 0.25) is 11.7 Å². The van der Waals surface area contributed by atoms with Crippen molar-refractivity contribution in [3.63, 3.8) is 0 Å². The molecular weight excluding hydrogens is 486 g/mol. The van der Waals surface area contributed by atoms with Crippen molar-refractivity contribution in [3.05, 3.63) is 123 Å². The first-order valence-electron chi connectivity index (χ1n) is 11.5. The van der Waals surface area contributed by atoms with Crippen LogP contribution in [0.2, 0.25) is 0 Å². The summed E-state index contributed by atoms with van der Waals surface area (Å²) in [7, 11) is 0. The van der Waals surface area contributed by atoms with Gasteiger partial charge in [-0.15, -0.1) is 0 Å². The summed E-state index contributed by atoms with van der Waals surface area (Å²) in [6.07, 6.45) is 2.59. The van der Waals surface area contributed by atoms with Gasteiger partial charge in [0.05, 0.1) is 22.0 Å². The van der Waals surface area contributed by atoms with E-state index in [9.17, 15) is 14.9 Å². The molecule has 10 nitrogen and oxygen atoms in total. The molecule has 0 N–H and O–H groups in total. The maximum Gasteiger partial charge on any atom is 0.287 e. The Labute approximate surface area is 214 Å². The lowest BCUT2D eigenvalue weighted by atomic mass is 10.2. The second-order valence-electron chi connectivity index (χ2n) is 8.21. The number of nitro groups is 1. The number of para-hydroxylation sites is 3. The van der Waals surface area contributed by atoms with Crippen LogP contribution in [-0.2, 0) is 0 Å². The summed E-state index contributed by atoms with van der Waals surface area (Å²) >= 11 is 0. The molecule has 0 saturated heterocycles. The lowest BCUT2D eigenvalue weighted by Crippen LogP contribution is -2.20. The molecule has 3 aromatic carbocycles. The molecule has 0 amide bonds. The summed E-state index contributed by atoms with van der Waals surface area (Å²) in [6, 6.07) is 26.1. The molecule has 0 saturated carbocycles. The normalized spacial score (nSPS) is 11.4. The van der Waals surface area contributed by atoms with E-state index in [1.54, 1.807) is 42.5 Å². The molecule has 6 rings (SSSR count). The van der Waals surface area contributed by atoms with Crippen LogP contribution in [0.4, 0.5) is 5.69 Å². The minimum atomic E-state index is -0.535. The second-order valence-corrected chi connectivity index (χ2v) is 8.21. The Bertz CT molecular complexity index is 1870. The molecule has 0 radical (unpaired) electrons. The fraction of sp³-hybridized carbons (Fsp3) is 0. The lowest BCUT2D eigenvalue weighted by molar-refractivity contribution is -0.385. The summed E-state index contributed by atoms with van der Waals surface area (Å²) < 4.78 is 13.0. The van der Waals surface area contributed by atoms with E-state index < -0.39 is 4.92 Å². The van der Waals surface area contributed by atoms with Crippen LogP contribution in [0.25, 0.3) is 33.5 Å². The van der Waals surface area contributed by atoms with Gasteiger partial charge in [-0.1, -0.05) is 42.5 Å². The van der Waals surface area contributed by atoms with Gasteiger partial charge in [-0.05, 0) is 36.4 Å². The highest BCUT2D eigenvalue weighted by Crippen LogP contribution is 2.28. The third-order valence-electron chi connectivity index (χ3n) is 5.78. The number of hydrogen-bond donors (Lipinski definition) is 0. The second kappa shape index (κ2) is 9.43. The van der Waals surface area contributed by atoms with Gasteiger partial charge < -0.3 is 9.15 Å². The number of nitrogens with zero attached hydrogens (tertiary/aromatic N) is 5. The van der Waals surface area contributed by atoms with Gasteiger partial charge in [-0.3, -0.25) is 14.9 Å². The lowest BCUT2D eigenvalue weighted by Gasteiger charge is -2.09. The summed E-state index contributed by atoms with van der Waals surface area (Å²) in [5, 5.41) is 16.7. The monoisotopic (exact) mass is 503 g/mol. The molecule has 10 heteroatoms. The Kier molecular flexibility index (Phi) is 5.66. The number of aromatic nitrogens is 3. The van der Waals surface area contributed by atoms with Crippen LogP contribution >= 0.6 is 0 Å². The molecule has 3 aromatic heterocycles. The van der Waals surface area contributed by atoms with E-state index >= 15 is 0 Å². The minimum absolute atomic E-state index is 0.145. The first-order chi connectivity index (χ1) is 18.6. The highest BCUT2D eigenvalue weighted by molar-refractivity contribution is 5.86. The molecule has 38 heavy (non-hydrogen) atoms. The van der Waals surface area contributed by atoms with Gasteiger partial charge >= 0.3 is 0 Å². The molecule has 0 aliphatic heterocycles. The predicted octanol–water partition coefficient (Wildman–Crippen LogP) is 5.79. The van der Waals surface area contributed by atoms with Crippen molar-refractivity contribution in [1.82, 2.24) is 14.6 Å². The van der Waals surface area contributed by atoms with E-state index in [0.717, 1.165) is 11.6 Å². The molecule has 0 unspecified atom stereocenters. The van der Waals surface area contributed by atoms with Gasteiger partial charge in [0, 0.05) is 23.1 Å². The molecule has 0 spiro atoms. The van der Waals surface area contributed by atoms with Crippen LogP contribution in [0.1, 0.15) is 5.56 Å². The molecule has 0 aliphatic carbocycles. The molecule has 0 atom stereocenters. The van der Waals surface area contributed by atoms with Gasteiger partial charge in [-0.25, -0.2) is 9.97 Å². The summed E-state index contributed by atoms with van der Waals surface area (Å²) in [5.41, 5.74) is 1.22. The maximum atomic E-state index is 13.5. The van der Waals surface area contributed by atoms with Crippen molar-refractivity contribution in [2.45, 2.75) is 0 Å². The Morgan fingerprint density at radius 3 is 2.58 bits per heavy atom. The average Bonchev–Trinajstić information content (AvgIpc) is 3.38. The first kappa shape index (κ1) is 22.8. The molecule has 0 aliphatic rings. The molecule has 3 heterocycles. The Morgan fingerprint density at radius 2 is 1.76 bits per heavy atom. The van der Waals surface area contributed by atoms with Crippen molar-refractivity contribution in [2.75, 3.05) is 0 Å². The van der Waals surface area contributed by atoms with E-state index in [4.69, 9.17) is 9.15 Å². The summed E-state index contributed by atoms with van der Waals surface area (Å²) in [6.45, 7) is 0. The van der Waals surface area contributed by atoms with Crippen LogP contribution in [0.15, 0.2) is 112 Å². The van der Waals surface area contributed by atoms with Gasteiger partial charge in [0.25, 0.3) is 11.2 Å². The number of pyridine rings is 1. The Balaban J connectivity index is 1.43. The largest absolute Gasteiger partial charge is 0.453 e. The smallest absolute Gasteiger partial charge is 0.287 e. The molecule has 0 fully saturated rings. The van der Waals surface area contributed by atoms with Gasteiger partial charge in [0.15, 0.2) is 5.76 Å². The highest BCUT2D eigenvalue weighted by atomic mass is 16.6. The molecular formula is C28H17N5O5. The summed E-state index contributed by atoms with van der Waals surface area (Å²) in [4.78, 5) is 32.5. The number of furan rings is 1. The van der Waals surface area contributed by atoms with E-state index in [0.29, 0.717) is 33.6 Å². The number of hydrogen-bond acceptors (Lipinski definition) is 8. The zero-order chi connectivity index (χ0) is 26.1. The van der Waals surface area contributed by atoms with E-state index in [1.807, 2.05) is 36.4 Å². The summed E-state index contributed by atoms with van der Waals surface area (Å²) in [5.74, 6) is 1.20. The number of benzene rings is 3. The zero-order valence-electron chi connectivity index (χ0n) is 19.6. The SMILES string of the molecule is O=c1c2ccccc2nc(-c2cc3ccccc3o2)n1N=Cc1ccccc1Oc1ccc([N+](=O)[O-])cn1. The fourth-order valence-electron chi connectivity index (χ4n) is 3.94. The van der Waals surface area contributed by atoms with E-state index in [1.165, 1.54) is 23.0 Å². The van der Waals surface area contributed by atoms with Crippen molar-refractivity contribution in [2.24, 2.45) is 5.10 Å². The number of fused-ring (bicyclic) bond motifs is 2. The van der Waals surface area contributed by atoms with Crippen molar-refractivity contribution in [1.29, 1.82) is 0 Å². The number of ether oxygens (including phenoxy) is 1. The van der Waals surface area contributed by atoms with Gasteiger partial charge in [0.1, 0.15) is 17.5 Å². The van der Waals surface area contributed by atoms with E-state index in [2.05, 4.69) is 15.1 Å². The fourth-order valence-corrected chi connectivity index (χ4v) is 3.94. The van der Waals surface area contributed by atoms with Crippen LogP contribution in [0, 0.1) is 10.1 Å². The predicted molar refractivity (Wildman–Crippen MR) is 142 cm³/mol. The first-order valence-corrected chi connectivity index (χ1v) is 11.5. The van der Waals surface area contributed by atoms with Crippen LogP contribution in [-0.4, -0.2) is 25.8 Å². The zero-order valence-corrected chi connectivity index (χ0v) is 19.6. The van der Waals surface area contributed by atoms with Crippen LogP contribution < -0.4 is 10.3 Å². The quantitative estimate of drug-likeness (QED) is 0.160.